The summed E-state index contributed by atoms with van der Waals surface area (Å²) in [6.45, 7) is 4.02. The van der Waals surface area contributed by atoms with E-state index in [0.717, 1.165) is 33.6 Å². The molecule has 2 aromatic heterocycles. The van der Waals surface area contributed by atoms with Crippen molar-refractivity contribution in [2.24, 2.45) is 5.84 Å². The number of amides is 1. The van der Waals surface area contributed by atoms with Crippen LogP contribution in [0.5, 0.6) is 0 Å². The minimum atomic E-state index is -0.108. The summed E-state index contributed by atoms with van der Waals surface area (Å²) in [4.78, 5) is 20.2. The molecule has 0 aromatic carbocycles. The monoisotopic (exact) mass is 264 g/mol. The lowest BCUT2D eigenvalue weighted by atomic mass is 10.2. The van der Waals surface area contributed by atoms with Crippen LogP contribution in [0.1, 0.15) is 31.7 Å². The highest BCUT2D eigenvalue weighted by Crippen LogP contribution is 2.29. The lowest BCUT2D eigenvalue weighted by Crippen LogP contribution is -2.38. The number of carbonyl (C=O) groups excluding carboxylic acids is 1. The molecule has 2 aromatic rings. The van der Waals surface area contributed by atoms with Gasteiger partial charge in [0.1, 0.15) is 6.33 Å². The Bertz CT molecular complexity index is 566. The van der Waals surface area contributed by atoms with Gasteiger partial charge >= 0.3 is 0 Å². The van der Waals surface area contributed by atoms with Crippen LogP contribution in [-0.2, 0) is 4.79 Å². The number of hydrogen-bond acceptors (Lipinski definition) is 5. The molecule has 0 atom stereocenters. The molecule has 0 radical (unpaired) electrons. The van der Waals surface area contributed by atoms with Crippen LogP contribution in [0.15, 0.2) is 11.7 Å². The molecule has 0 saturated heterocycles. The molecule has 0 aliphatic rings. The quantitative estimate of drug-likeness (QED) is 0.523. The molecule has 0 aliphatic heterocycles. The van der Waals surface area contributed by atoms with Crippen molar-refractivity contribution in [2.45, 2.75) is 33.1 Å². The lowest BCUT2D eigenvalue weighted by Gasteiger charge is -2.15. The molecular formula is C12H16N4OS. The van der Waals surface area contributed by atoms with E-state index in [4.69, 9.17) is 5.84 Å². The zero-order valence-electron chi connectivity index (χ0n) is 10.5. The molecule has 0 spiro atoms. The maximum Gasteiger partial charge on any atom is 0.242 e. The minimum absolute atomic E-state index is 0.108. The van der Waals surface area contributed by atoms with Crippen LogP contribution < -0.4 is 10.9 Å². The number of hydrazine groups is 1. The maximum absolute atomic E-state index is 11.9. The molecule has 0 fully saturated rings. The Labute approximate surface area is 110 Å². The fourth-order valence-electron chi connectivity index (χ4n) is 1.70. The number of rotatable bonds is 4. The van der Waals surface area contributed by atoms with Crippen molar-refractivity contribution in [1.29, 1.82) is 0 Å². The van der Waals surface area contributed by atoms with Gasteiger partial charge < -0.3 is 0 Å². The number of fused-ring (bicyclic) bond motifs is 1. The van der Waals surface area contributed by atoms with Crippen molar-refractivity contribution in [1.82, 2.24) is 9.97 Å². The highest BCUT2D eigenvalue weighted by Gasteiger charge is 2.17. The van der Waals surface area contributed by atoms with Gasteiger partial charge in [0.05, 0.1) is 10.2 Å². The molecule has 18 heavy (non-hydrogen) atoms. The fraction of sp³-hybridized carbons (Fsp3) is 0.417. The molecule has 5 nitrogen and oxygen atoms in total. The minimum Gasteiger partial charge on any atom is -0.273 e. The van der Waals surface area contributed by atoms with Crippen molar-refractivity contribution in [3.8, 4) is 0 Å². The van der Waals surface area contributed by atoms with Gasteiger partial charge in [-0.2, -0.15) is 0 Å². The first-order valence-electron chi connectivity index (χ1n) is 5.91. The van der Waals surface area contributed by atoms with E-state index < -0.39 is 0 Å². The SMILES string of the molecule is CCCCC(=O)N(N)c1ncnc2c(C)csc12. The number of aromatic nitrogens is 2. The Morgan fingerprint density at radius 2 is 2.28 bits per heavy atom. The first kappa shape index (κ1) is 12.9. The van der Waals surface area contributed by atoms with E-state index >= 15 is 0 Å². The van der Waals surface area contributed by atoms with Gasteiger partial charge in [-0.15, -0.1) is 11.3 Å². The Morgan fingerprint density at radius 1 is 1.50 bits per heavy atom. The van der Waals surface area contributed by atoms with E-state index in [2.05, 4.69) is 9.97 Å². The predicted octanol–water partition coefficient (Wildman–Crippen LogP) is 2.40. The summed E-state index contributed by atoms with van der Waals surface area (Å²) in [5.74, 6) is 6.25. The molecule has 2 rings (SSSR count). The van der Waals surface area contributed by atoms with E-state index in [0.29, 0.717) is 12.2 Å². The van der Waals surface area contributed by atoms with Crippen LogP contribution >= 0.6 is 11.3 Å². The smallest absolute Gasteiger partial charge is 0.242 e. The second-order valence-corrected chi connectivity index (χ2v) is 5.04. The number of anilines is 1. The van der Waals surface area contributed by atoms with Crippen LogP contribution in [-0.4, -0.2) is 15.9 Å². The van der Waals surface area contributed by atoms with Gasteiger partial charge in [0.25, 0.3) is 0 Å². The van der Waals surface area contributed by atoms with Crippen LogP contribution in [0.3, 0.4) is 0 Å². The van der Waals surface area contributed by atoms with Gasteiger partial charge in [-0.25, -0.2) is 20.8 Å². The van der Waals surface area contributed by atoms with Gasteiger partial charge in [0.15, 0.2) is 5.82 Å². The third-order valence-electron chi connectivity index (χ3n) is 2.75. The number of thiophene rings is 1. The molecule has 2 N–H and O–H groups in total. The zero-order valence-corrected chi connectivity index (χ0v) is 11.3. The molecule has 0 unspecified atom stereocenters. The van der Waals surface area contributed by atoms with Crippen molar-refractivity contribution >= 4 is 33.3 Å². The van der Waals surface area contributed by atoms with Gasteiger partial charge in [0, 0.05) is 6.42 Å². The third-order valence-corrected chi connectivity index (χ3v) is 3.84. The molecule has 6 heteroatoms. The van der Waals surface area contributed by atoms with E-state index in [1.54, 1.807) is 0 Å². The van der Waals surface area contributed by atoms with Gasteiger partial charge in [-0.1, -0.05) is 13.3 Å². The largest absolute Gasteiger partial charge is 0.273 e. The summed E-state index contributed by atoms with van der Waals surface area (Å²) in [7, 11) is 0. The Morgan fingerprint density at radius 3 is 3.00 bits per heavy atom. The van der Waals surface area contributed by atoms with Crippen molar-refractivity contribution in [3.05, 3.63) is 17.3 Å². The third kappa shape index (κ3) is 2.34. The summed E-state index contributed by atoms with van der Waals surface area (Å²) < 4.78 is 0.863. The second kappa shape index (κ2) is 5.41. The topological polar surface area (TPSA) is 72.1 Å². The standard InChI is InChI=1S/C12H16N4OS/c1-3-4-5-9(17)16(13)12-11-10(14-7-15-12)8(2)6-18-11/h6-7H,3-5,13H2,1-2H3. The van der Waals surface area contributed by atoms with E-state index in [1.807, 2.05) is 19.2 Å². The normalized spacial score (nSPS) is 10.8. The molecule has 96 valence electrons. The number of hydrogen-bond donors (Lipinski definition) is 1. The van der Waals surface area contributed by atoms with Crippen molar-refractivity contribution in [3.63, 3.8) is 0 Å². The summed E-state index contributed by atoms with van der Waals surface area (Å²) in [5, 5.41) is 3.14. The number of carbonyl (C=O) groups is 1. The number of aryl methyl sites for hydroxylation is 1. The highest BCUT2D eigenvalue weighted by atomic mass is 32.1. The van der Waals surface area contributed by atoms with Crippen molar-refractivity contribution in [2.75, 3.05) is 5.01 Å². The summed E-state index contributed by atoms with van der Waals surface area (Å²) >= 11 is 1.51. The average molecular weight is 264 g/mol. The first-order valence-corrected chi connectivity index (χ1v) is 6.79. The van der Waals surface area contributed by atoms with Crippen molar-refractivity contribution < 1.29 is 4.79 Å². The van der Waals surface area contributed by atoms with Crippen LogP contribution in [0.4, 0.5) is 5.82 Å². The summed E-state index contributed by atoms with van der Waals surface area (Å²) in [6, 6.07) is 0. The average Bonchev–Trinajstić information content (AvgIpc) is 2.77. The fourth-order valence-corrected chi connectivity index (χ4v) is 2.68. The number of nitrogens with zero attached hydrogens (tertiary/aromatic N) is 3. The van der Waals surface area contributed by atoms with E-state index in [-0.39, 0.29) is 5.91 Å². The number of unbranched alkanes of at least 4 members (excludes halogenated alkanes) is 1. The predicted molar refractivity (Wildman–Crippen MR) is 73.4 cm³/mol. The van der Waals surface area contributed by atoms with Gasteiger partial charge in [0.2, 0.25) is 5.91 Å². The molecule has 0 aliphatic carbocycles. The molecule has 1 amide bonds. The molecular weight excluding hydrogens is 248 g/mol. The second-order valence-electron chi connectivity index (χ2n) is 4.16. The lowest BCUT2D eigenvalue weighted by molar-refractivity contribution is -0.118. The van der Waals surface area contributed by atoms with Crippen LogP contribution in [0.25, 0.3) is 10.2 Å². The van der Waals surface area contributed by atoms with Crippen LogP contribution in [0, 0.1) is 6.92 Å². The Balaban J connectivity index is 2.33. The van der Waals surface area contributed by atoms with Crippen LogP contribution in [0.2, 0.25) is 0 Å². The zero-order chi connectivity index (χ0) is 13.1. The first-order chi connectivity index (χ1) is 8.65. The van der Waals surface area contributed by atoms with E-state index in [1.165, 1.54) is 17.7 Å². The van der Waals surface area contributed by atoms with Gasteiger partial charge in [-0.05, 0) is 24.3 Å². The summed E-state index contributed by atoms with van der Waals surface area (Å²) in [6.07, 6.45) is 3.70. The maximum atomic E-state index is 11.9. The van der Waals surface area contributed by atoms with Gasteiger partial charge in [-0.3, -0.25) is 4.79 Å². The molecule has 0 bridgehead atoms. The van der Waals surface area contributed by atoms with E-state index in [9.17, 15) is 4.79 Å². The summed E-state index contributed by atoms with van der Waals surface area (Å²) in [5.41, 5.74) is 1.94. The highest BCUT2D eigenvalue weighted by molar-refractivity contribution is 7.18. The number of nitrogens with two attached hydrogens (primary N) is 1. The molecule has 2 heterocycles. The Hall–Kier alpha value is -1.53. The molecule has 0 saturated carbocycles. The Kier molecular flexibility index (Phi) is 3.88.